The number of hydroxylamine groups is 1. The molecule has 1 N–H and O–H groups in total. The normalized spacial score (nSPS) is 16.9. The van der Waals surface area contributed by atoms with Crippen LogP contribution in [0.1, 0.15) is 5.56 Å². The highest BCUT2D eigenvalue weighted by molar-refractivity contribution is 5.97. The number of benzene rings is 2. The highest BCUT2D eigenvalue weighted by atomic mass is 16.7. The van der Waals surface area contributed by atoms with Gasteiger partial charge in [0.15, 0.2) is 5.75 Å². The Balaban J connectivity index is 1.77. The molecule has 6 heteroatoms. The van der Waals surface area contributed by atoms with Gasteiger partial charge in [-0.05, 0) is 17.7 Å². The second-order valence-electron chi connectivity index (χ2n) is 4.73. The van der Waals surface area contributed by atoms with Gasteiger partial charge in [0.1, 0.15) is 11.4 Å². The Morgan fingerprint density at radius 3 is 2.73 bits per heavy atom. The van der Waals surface area contributed by atoms with Gasteiger partial charge < -0.3 is 14.2 Å². The number of hydrogen-bond acceptors (Lipinski definition) is 5. The molecule has 0 spiro atoms. The number of hydrogen-bond donors (Lipinski definition) is 1. The van der Waals surface area contributed by atoms with Crippen molar-refractivity contribution in [3.8, 4) is 11.5 Å². The van der Waals surface area contributed by atoms with Crippen molar-refractivity contribution in [1.29, 1.82) is 0 Å². The Morgan fingerprint density at radius 2 is 2.00 bits per heavy atom. The highest BCUT2D eigenvalue weighted by Crippen LogP contribution is 2.36. The smallest absolute Gasteiger partial charge is 0.320 e. The molecule has 1 heterocycles. The average molecular weight is 301 g/mol. The number of rotatable bonds is 4. The van der Waals surface area contributed by atoms with E-state index in [1.165, 1.54) is 7.11 Å². The molecule has 0 aliphatic carbocycles. The maximum absolute atomic E-state index is 12.1. The summed E-state index contributed by atoms with van der Waals surface area (Å²) in [5, 5.41) is 10.5. The van der Waals surface area contributed by atoms with Crippen LogP contribution in [0.2, 0.25) is 0 Å². The van der Waals surface area contributed by atoms with Crippen molar-refractivity contribution in [1.82, 2.24) is 0 Å². The van der Waals surface area contributed by atoms with Crippen LogP contribution in [-0.4, -0.2) is 24.5 Å². The fraction of sp³-hybridized carbons (Fsp3) is 0.188. The number of ether oxygens (including phenoxy) is 3. The van der Waals surface area contributed by atoms with Gasteiger partial charge in [-0.1, -0.05) is 30.3 Å². The third-order valence-electron chi connectivity index (χ3n) is 3.28. The number of methoxy groups -OCH3 is 1. The molecule has 1 amide bonds. The van der Waals surface area contributed by atoms with Crippen molar-refractivity contribution in [3.63, 3.8) is 0 Å². The maximum Gasteiger partial charge on any atom is 0.320 e. The standard InChI is InChI=1S/C16H15NO5/c1-20-12-7-8-13-14(9-12)22-16(15(18)17(13)19)21-10-11-5-3-2-4-6-11/h2-9,16,19H,10H2,1H3. The average Bonchev–Trinajstić information content (AvgIpc) is 2.57. The first-order valence-corrected chi connectivity index (χ1v) is 6.72. The SMILES string of the molecule is COc1ccc2c(c1)OC(OCc1ccccc1)C(=O)N2O. The Hall–Kier alpha value is -2.57. The minimum atomic E-state index is -1.20. The minimum absolute atomic E-state index is 0.199. The van der Waals surface area contributed by atoms with Gasteiger partial charge in [0.2, 0.25) is 0 Å². The van der Waals surface area contributed by atoms with Crippen LogP contribution in [0.3, 0.4) is 0 Å². The number of anilines is 1. The molecule has 3 rings (SSSR count). The molecule has 6 nitrogen and oxygen atoms in total. The third-order valence-corrected chi connectivity index (χ3v) is 3.28. The molecule has 0 bridgehead atoms. The quantitative estimate of drug-likeness (QED) is 0.878. The topological polar surface area (TPSA) is 68.2 Å². The first-order chi connectivity index (χ1) is 10.7. The van der Waals surface area contributed by atoms with E-state index in [9.17, 15) is 10.0 Å². The molecule has 1 aliphatic heterocycles. The summed E-state index contributed by atoms with van der Waals surface area (Å²) in [7, 11) is 1.52. The monoisotopic (exact) mass is 301 g/mol. The van der Waals surface area contributed by atoms with Gasteiger partial charge in [0.05, 0.1) is 13.7 Å². The van der Waals surface area contributed by atoms with E-state index in [4.69, 9.17) is 14.2 Å². The molecule has 0 fully saturated rings. The fourth-order valence-corrected chi connectivity index (χ4v) is 2.13. The van der Waals surface area contributed by atoms with Crippen molar-refractivity contribution in [2.45, 2.75) is 12.9 Å². The van der Waals surface area contributed by atoms with Gasteiger partial charge in [-0.15, -0.1) is 0 Å². The third kappa shape index (κ3) is 2.74. The summed E-state index contributed by atoms with van der Waals surface area (Å²) in [4.78, 5) is 12.1. The van der Waals surface area contributed by atoms with E-state index < -0.39 is 12.2 Å². The van der Waals surface area contributed by atoms with Crippen LogP contribution in [0.25, 0.3) is 0 Å². The zero-order valence-electron chi connectivity index (χ0n) is 11.9. The van der Waals surface area contributed by atoms with Crippen molar-refractivity contribution in [2.75, 3.05) is 12.2 Å². The van der Waals surface area contributed by atoms with Crippen molar-refractivity contribution >= 4 is 11.6 Å². The first-order valence-electron chi connectivity index (χ1n) is 6.72. The lowest BCUT2D eigenvalue weighted by Gasteiger charge is -2.30. The van der Waals surface area contributed by atoms with E-state index >= 15 is 0 Å². The second-order valence-corrected chi connectivity index (χ2v) is 4.73. The largest absolute Gasteiger partial charge is 0.497 e. The molecule has 0 radical (unpaired) electrons. The summed E-state index contributed by atoms with van der Waals surface area (Å²) in [6.45, 7) is 0.199. The molecule has 2 aromatic carbocycles. The molecule has 0 saturated heterocycles. The predicted octanol–water partition coefficient (Wildman–Crippen LogP) is 2.35. The Bertz CT molecular complexity index is 673. The summed E-state index contributed by atoms with van der Waals surface area (Å²) in [5.74, 6) is 0.205. The zero-order chi connectivity index (χ0) is 15.5. The lowest BCUT2D eigenvalue weighted by Crippen LogP contribution is -2.45. The Kier molecular flexibility index (Phi) is 3.95. The van der Waals surface area contributed by atoms with Crippen LogP contribution in [0, 0.1) is 0 Å². The lowest BCUT2D eigenvalue weighted by atomic mass is 10.2. The molecule has 114 valence electrons. The zero-order valence-corrected chi connectivity index (χ0v) is 11.9. The Labute approximate surface area is 127 Å². The number of carbonyl (C=O) groups is 1. The summed E-state index contributed by atoms with van der Waals surface area (Å²) in [6, 6.07) is 14.2. The van der Waals surface area contributed by atoms with E-state index in [2.05, 4.69) is 0 Å². The summed E-state index contributed by atoms with van der Waals surface area (Å²) < 4.78 is 16.1. The second kappa shape index (κ2) is 6.05. The minimum Gasteiger partial charge on any atom is -0.497 e. The van der Waals surface area contributed by atoms with E-state index in [-0.39, 0.29) is 12.3 Å². The maximum atomic E-state index is 12.1. The number of amides is 1. The van der Waals surface area contributed by atoms with Gasteiger partial charge in [0.25, 0.3) is 6.29 Å². The van der Waals surface area contributed by atoms with Gasteiger partial charge in [-0.25, -0.2) is 0 Å². The summed E-state index contributed by atoms with van der Waals surface area (Å²) in [5.41, 5.74) is 1.16. The molecule has 2 aromatic rings. The van der Waals surface area contributed by atoms with Crippen LogP contribution in [0.15, 0.2) is 48.5 Å². The van der Waals surface area contributed by atoms with Crippen molar-refractivity contribution in [2.24, 2.45) is 0 Å². The molecule has 22 heavy (non-hydrogen) atoms. The fourth-order valence-electron chi connectivity index (χ4n) is 2.13. The Morgan fingerprint density at radius 1 is 1.23 bits per heavy atom. The van der Waals surface area contributed by atoms with Crippen molar-refractivity contribution in [3.05, 3.63) is 54.1 Å². The molecular formula is C16H15NO5. The molecular weight excluding hydrogens is 286 g/mol. The number of fused-ring (bicyclic) bond motifs is 1. The van der Waals surface area contributed by atoms with Gasteiger partial charge in [0, 0.05) is 6.07 Å². The van der Waals surface area contributed by atoms with Crippen LogP contribution in [0.4, 0.5) is 5.69 Å². The lowest BCUT2D eigenvalue weighted by molar-refractivity contribution is -0.160. The van der Waals surface area contributed by atoms with E-state index in [0.717, 1.165) is 5.56 Å². The van der Waals surface area contributed by atoms with Crippen LogP contribution in [-0.2, 0) is 16.1 Å². The first kappa shape index (κ1) is 14.4. The number of nitrogens with zero attached hydrogens (tertiary/aromatic N) is 1. The molecule has 1 aliphatic rings. The molecule has 1 unspecified atom stereocenters. The highest BCUT2D eigenvalue weighted by Gasteiger charge is 2.35. The van der Waals surface area contributed by atoms with Gasteiger partial charge in [-0.3, -0.25) is 10.0 Å². The van der Waals surface area contributed by atoms with Crippen LogP contribution >= 0.6 is 0 Å². The van der Waals surface area contributed by atoms with Crippen molar-refractivity contribution < 1.29 is 24.2 Å². The summed E-state index contributed by atoms with van der Waals surface area (Å²) in [6.07, 6.45) is -1.20. The van der Waals surface area contributed by atoms with Gasteiger partial charge >= 0.3 is 5.91 Å². The van der Waals surface area contributed by atoms with E-state index in [1.54, 1.807) is 18.2 Å². The van der Waals surface area contributed by atoms with Crippen LogP contribution in [0.5, 0.6) is 11.5 Å². The molecule has 1 atom stereocenters. The molecule has 0 aromatic heterocycles. The van der Waals surface area contributed by atoms with Crippen LogP contribution < -0.4 is 14.5 Å². The number of carbonyl (C=O) groups excluding carboxylic acids is 1. The van der Waals surface area contributed by atoms with Gasteiger partial charge in [-0.2, -0.15) is 5.06 Å². The van der Waals surface area contributed by atoms with E-state index in [0.29, 0.717) is 16.6 Å². The van der Waals surface area contributed by atoms with E-state index in [1.807, 2.05) is 30.3 Å². The predicted molar refractivity (Wildman–Crippen MR) is 77.9 cm³/mol. The summed E-state index contributed by atoms with van der Waals surface area (Å²) >= 11 is 0. The molecule has 0 saturated carbocycles.